The average molecular weight is 253 g/mol. The number of amides is 2. The fraction of sp³-hybridized carbons (Fsp3) is 0.0667. The Labute approximate surface area is 109 Å². The number of fused-ring (bicyclic) bond motifs is 1. The van der Waals surface area contributed by atoms with E-state index in [9.17, 15) is 14.7 Å². The second kappa shape index (κ2) is 3.95. The smallest absolute Gasteiger partial charge is 0.266 e. The molecule has 0 fully saturated rings. The van der Waals surface area contributed by atoms with Crippen LogP contribution >= 0.6 is 0 Å². The Morgan fingerprint density at radius 1 is 0.947 bits per heavy atom. The molecule has 2 amide bonds. The number of carbonyl (C=O) groups is 2. The first kappa shape index (κ1) is 11.5. The van der Waals surface area contributed by atoms with Crippen molar-refractivity contribution in [3.8, 4) is 5.75 Å². The van der Waals surface area contributed by atoms with Gasteiger partial charge in [-0.3, -0.25) is 9.59 Å². The molecule has 1 aliphatic heterocycles. The summed E-state index contributed by atoms with van der Waals surface area (Å²) in [5.74, 6) is -0.540. The summed E-state index contributed by atoms with van der Waals surface area (Å²) in [5, 5.41) is 9.40. The molecule has 0 bridgehead atoms. The van der Waals surface area contributed by atoms with Crippen LogP contribution in [0.15, 0.2) is 42.5 Å². The summed E-state index contributed by atoms with van der Waals surface area (Å²) in [5.41, 5.74) is 2.01. The maximum Gasteiger partial charge on any atom is 0.266 e. The van der Waals surface area contributed by atoms with Gasteiger partial charge in [0, 0.05) is 0 Å². The van der Waals surface area contributed by atoms with E-state index in [4.69, 9.17) is 0 Å². The maximum atomic E-state index is 12.3. The Balaban J connectivity index is 2.14. The number of carbonyl (C=O) groups excluding carboxylic acids is 2. The summed E-state index contributed by atoms with van der Waals surface area (Å²) >= 11 is 0. The third-order valence-corrected chi connectivity index (χ3v) is 3.22. The number of aromatic hydroxyl groups is 1. The number of imide groups is 1. The lowest BCUT2D eigenvalue weighted by Crippen LogP contribution is -2.29. The Kier molecular flexibility index (Phi) is 2.38. The Bertz CT molecular complexity index is 671. The van der Waals surface area contributed by atoms with Gasteiger partial charge in [-0.1, -0.05) is 12.1 Å². The van der Waals surface area contributed by atoms with Gasteiger partial charge in [0.05, 0.1) is 16.8 Å². The Morgan fingerprint density at radius 2 is 1.53 bits per heavy atom. The predicted molar refractivity (Wildman–Crippen MR) is 70.4 cm³/mol. The van der Waals surface area contributed by atoms with Gasteiger partial charge in [0.25, 0.3) is 11.8 Å². The SMILES string of the molecule is Cc1cc(O)ccc1N1C(=O)c2ccccc2C1=O. The fourth-order valence-corrected chi connectivity index (χ4v) is 2.30. The van der Waals surface area contributed by atoms with Crippen LogP contribution in [0.1, 0.15) is 26.3 Å². The minimum absolute atomic E-state index is 0.109. The van der Waals surface area contributed by atoms with Crippen molar-refractivity contribution in [3.05, 3.63) is 59.2 Å². The van der Waals surface area contributed by atoms with Gasteiger partial charge in [0.2, 0.25) is 0 Å². The molecule has 0 unspecified atom stereocenters. The summed E-state index contributed by atoms with van der Waals surface area (Å²) in [6.45, 7) is 1.75. The van der Waals surface area contributed by atoms with Crippen molar-refractivity contribution in [2.45, 2.75) is 6.92 Å². The Hall–Kier alpha value is -2.62. The van der Waals surface area contributed by atoms with Crippen LogP contribution in [0.3, 0.4) is 0 Å². The molecule has 4 nitrogen and oxygen atoms in total. The molecular weight excluding hydrogens is 242 g/mol. The van der Waals surface area contributed by atoms with Crippen molar-refractivity contribution in [2.24, 2.45) is 0 Å². The molecule has 1 aliphatic rings. The number of nitrogens with zero attached hydrogens (tertiary/aromatic N) is 1. The van der Waals surface area contributed by atoms with Crippen molar-refractivity contribution >= 4 is 17.5 Å². The number of rotatable bonds is 1. The zero-order valence-electron chi connectivity index (χ0n) is 10.3. The molecule has 2 aromatic carbocycles. The standard InChI is InChI=1S/C15H11NO3/c1-9-8-10(17)6-7-13(9)16-14(18)11-4-2-3-5-12(11)15(16)19/h2-8,17H,1H3. The van der Waals surface area contributed by atoms with Crippen molar-refractivity contribution < 1.29 is 14.7 Å². The van der Waals surface area contributed by atoms with Gasteiger partial charge in [-0.15, -0.1) is 0 Å². The first-order valence-corrected chi connectivity index (χ1v) is 5.87. The van der Waals surface area contributed by atoms with Gasteiger partial charge in [-0.05, 0) is 42.8 Å². The molecule has 1 heterocycles. The molecule has 0 saturated heterocycles. The number of hydrogen-bond donors (Lipinski definition) is 1. The lowest BCUT2D eigenvalue weighted by atomic mass is 10.1. The number of benzene rings is 2. The normalized spacial score (nSPS) is 13.8. The molecule has 3 rings (SSSR count). The third kappa shape index (κ3) is 1.61. The molecule has 1 N–H and O–H groups in total. The summed E-state index contributed by atoms with van der Waals surface area (Å²) in [6.07, 6.45) is 0. The molecule has 94 valence electrons. The lowest BCUT2D eigenvalue weighted by Gasteiger charge is -2.16. The molecule has 2 aromatic rings. The van der Waals surface area contributed by atoms with Gasteiger partial charge in [0.15, 0.2) is 0 Å². The van der Waals surface area contributed by atoms with E-state index in [0.717, 1.165) is 4.90 Å². The van der Waals surface area contributed by atoms with E-state index in [1.165, 1.54) is 12.1 Å². The average Bonchev–Trinajstić information content (AvgIpc) is 2.64. The highest BCUT2D eigenvalue weighted by Crippen LogP contribution is 2.31. The first-order chi connectivity index (χ1) is 9.09. The number of anilines is 1. The second-order valence-corrected chi connectivity index (χ2v) is 4.46. The molecule has 0 spiro atoms. The largest absolute Gasteiger partial charge is 0.508 e. The van der Waals surface area contributed by atoms with E-state index in [2.05, 4.69) is 0 Å². The molecule has 0 radical (unpaired) electrons. The zero-order valence-corrected chi connectivity index (χ0v) is 10.3. The van der Waals surface area contributed by atoms with Crippen LogP contribution in [0.25, 0.3) is 0 Å². The maximum absolute atomic E-state index is 12.3. The monoisotopic (exact) mass is 253 g/mol. The zero-order chi connectivity index (χ0) is 13.6. The van der Waals surface area contributed by atoms with E-state index >= 15 is 0 Å². The Morgan fingerprint density at radius 3 is 2.05 bits per heavy atom. The van der Waals surface area contributed by atoms with Crippen LogP contribution in [0.5, 0.6) is 5.75 Å². The molecule has 0 aliphatic carbocycles. The van der Waals surface area contributed by atoms with Crippen molar-refractivity contribution in [1.29, 1.82) is 0 Å². The summed E-state index contributed by atoms with van der Waals surface area (Å²) in [7, 11) is 0. The van der Waals surface area contributed by atoms with Crippen LogP contribution in [0.2, 0.25) is 0 Å². The van der Waals surface area contributed by atoms with Gasteiger partial charge in [-0.25, -0.2) is 4.90 Å². The highest BCUT2D eigenvalue weighted by Gasteiger charge is 2.36. The van der Waals surface area contributed by atoms with Gasteiger partial charge >= 0.3 is 0 Å². The minimum atomic E-state index is -0.325. The van der Waals surface area contributed by atoms with E-state index < -0.39 is 0 Å². The van der Waals surface area contributed by atoms with Crippen molar-refractivity contribution in [2.75, 3.05) is 4.90 Å². The third-order valence-electron chi connectivity index (χ3n) is 3.22. The van der Waals surface area contributed by atoms with E-state index in [1.54, 1.807) is 37.3 Å². The minimum Gasteiger partial charge on any atom is -0.508 e. The number of hydrogen-bond acceptors (Lipinski definition) is 3. The van der Waals surface area contributed by atoms with Crippen LogP contribution in [-0.4, -0.2) is 16.9 Å². The summed E-state index contributed by atoms with van der Waals surface area (Å²) in [6, 6.07) is 11.3. The molecule has 19 heavy (non-hydrogen) atoms. The van der Waals surface area contributed by atoms with Crippen LogP contribution in [0, 0.1) is 6.92 Å². The second-order valence-electron chi connectivity index (χ2n) is 4.46. The molecule has 0 saturated carbocycles. The predicted octanol–water partition coefficient (Wildman–Crippen LogP) is 2.50. The van der Waals surface area contributed by atoms with E-state index in [0.29, 0.717) is 22.4 Å². The van der Waals surface area contributed by atoms with Gasteiger partial charge in [0.1, 0.15) is 5.75 Å². The number of aryl methyl sites for hydroxylation is 1. The molecule has 4 heteroatoms. The van der Waals surface area contributed by atoms with Crippen LogP contribution in [-0.2, 0) is 0 Å². The topological polar surface area (TPSA) is 57.6 Å². The van der Waals surface area contributed by atoms with Crippen LogP contribution in [0.4, 0.5) is 5.69 Å². The first-order valence-electron chi connectivity index (χ1n) is 5.87. The summed E-state index contributed by atoms with van der Waals surface area (Å²) < 4.78 is 0. The number of phenolic OH excluding ortho intramolecular Hbond substituents is 1. The lowest BCUT2D eigenvalue weighted by molar-refractivity contribution is 0.0926. The number of phenols is 1. The summed E-state index contributed by atoms with van der Waals surface area (Å²) in [4.78, 5) is 25.7. The fourth-order valence-electron chi connectivity index (χ4n) is 2.30. The van der Waals surface area contributed by atoms with E-state index in [-0.39, 0.29) is 17.6 Å². The van der Waals surface area contributed by atoms with E-state index in [1.807, 2.05) is 0 Å². The molecule has 0 atom stereocenters. The van der Waals surface area contributed by atoms with Gasteiger partial charge in [-0.2, -0.15) is 0 Å². The quantitative estimate of drug-likeness (QED) is 0.794. The molecule has 0 aromatic heterocycles. The van der Waals surface area contributed by atoms with Crippen molar-refractivity contribution in [1.82, 2.24) is 0 Å². The highest BCUT2D eigenvalue weighted by molar-refractivity contribution is 6.34. The van der Waals surface area contributed by atoms with Crippen LogP contribution < -0.4 is 4.90 Å². The van der Waals surface area contributed by atoms with Gasteiger partial charge < -0.3 is 5.11 Å². The molecular formula is C15H11NO3. The highest BCUT2D eigenvalue weighted by atomic mass is 16.3. The van der Waals surface area contributed by atoms with Crippen molar-refractivity contribution in [3.63, 3.8) is 0 Å².